The van der Waals surface area contributed by atoms with Gasteiger partial charge in [0.15, 0.2) is 0 Å². The van der Waals surface area contributed by atoms with Gasteiger partial charge in [-0.15, -0.1) is 0 Å². The van der Waals surface area contributed by atoms with Crippen LogP contribution in [0.3, 0.4) is 0 Å². The largest absolute Gasteiger partial charge is 0.354 e. The minimum Gasteiger partial charge on any atom is -0.354 e. The molecule has 3 aromatic rings. The number of hydrogen-bond donors (Lipinski definition) is 3. The van der Waals surface area contributed by atoms with Crippen LogP contribution in [0.1, 0.15) is 23.6 Å². The van der Waals surface area contributed by atoms with Gasteiger partial charge in [0.25, 0.3) is 5.91 Å². The van der Waals surface area contributed by atoms with Crippen LogP contribution in [0.15, 0.2) is 78.9 Å². The van der Waals surface area contributed by atoms with E-state index in [-0.39, 0.29) is 11.8 Å². The van der Waals surface area contributed by atoms with Crippen LogP contribution in [-0.4, -0.2) is 11.8 Å². The summed E-state index contributed by atoms with van der Waals surface area (Å²) in [6, 6.07) is 25.3. The Morgan fingerprint density at radius 3 is 2.31 bits per heavy atom. The molecule has 0 radical (unpaired) electrons. The van der Waals surface area contributed by atoms with Gasteiger partial charge in [-0.1, -0.05) is 60.7 Å². The van der Waals surface area contributed by atoms with Gasteiger partial charge >= 0.3 is 0 Å². The van der Waals surface area contributed by atoms with Crippen molar-refractivity contribution in [1.29, 1.82) is 0 Å². The lowest BCUT2D eigenvalue weighted by atomic mass is 10.00. The third kappa shape index (κ3) is 4.04. The van der Waals surface area contributed by atoms with E-state index < -0.39 is 0 Å². The molecular weight excluding hydrogens is 362 g/mol. The van der Waals surface area contributed by atoms with Crippen LogP contribution in [0.4, 0.5) is 11.4 Å². The molecule has 0 fully saturated rings. The first-order chi connectivity index (χ1) is 14.1. The molecule has 0 saturated carbocycles. The van der Waals surface area contributed by atoms with Gasteiger partial charge in [-0.25, -0.2) is 0 Å². The number of hydrogen-bond acceptors (Lipinski definition) is 3. The molecule has 0 atom stereocenters. The standard InChI is InChI=1S/C24H21N3O2/c1-16(28)25-15-17-11-13-19(14-12-17)26-23(18-7-3-2-4-8-18)22-20-9-5-6-10-21(20)27-24(22)29/h2-14,26H,15H2,1H3,(H,25,28)(H,27,29). The van der Waals surface area contributed by atoms with Crippen molar-refractivity contribution in [1.82, 2.24) is 5.32 Å². The number of fused-ring (bicyclic) bond motifs is 1. The van der Waals surface area contributed by atoms with Crippen LogP contribution in [0.25, 0.3) is 11.3 Å². The fraction of sp³-hybridized carbons (Fsp3) is 0.0833. The van der Waals surface area contributed by atoms with E-state index in [9.17, 15) is 9.59 Å². The Bertz CT molecular complexity index is 1090. The molecule has 1 aliphatic rings. The molecule has 2 amide bonds. The first-order valence-corrected chi connectivity index (χ1v) is 9.42. The van der Waals surface area contributed by atoms with Crippen LogP contribution in [0.5, 0.6) is 0 Å². The van der Waals surface area contributed by atoms with Crippen molar-refractivity contribution >= 4 is 34.5 Å². The Kier molecular flexibility index (Phi) is 5.12. The number of nitrogens with one attached hydrogen (secondary N) is 3. The second-order valence-corrected chi connectivity index (χ2v) is 6.85. The number of carbonyl (C=O) groups excluding carboxylic acids is 2. The van der Waals surface area contributed by atoms with Crippen molar-refractivity contribution in [2.24, 2.45) is 0 Å². The highest BCUT2D eigenvalue weighted by Crippen LogP contribution is 2.37. The molecule has 3 aromatic carbocycles. The average molecular weight is 383 g/mol. The first kappa shape index (κ1) is 18.5. The molecule has 144 valence electrons. The molecule has 0 aliphatic carbocycles. The molecule has 5 nitrogen and oxygen atoms in total. The van der Waals surface area contributed by atoms with Crippen molar-refractivity contribution in [3.05, 3.63) is 95.6 Å². The first-order valence-electron chi connectivity index (χ1n) is 9.42. The number of rotatable bonds is 5. The van der Waals surface area contributed by atoms with Gasteiger partial charge in [-0.2, -0.15) is 0 Å². The predicted molar refractivity (Wildman–Crippen MR) is 116 cm³/mol. The molecule has 5 heteroatoms. The van der Waals surface area contributed by atoms with Crippen molar-refractivity contribution in [3.63, 3.8) is 0 Å². The van der Waals surface area contributed by atoms with Gasteiger partial charge in [0, 0.05) is 30.4 Å². The van der Waals surface area contributed by atoms with E-state index in [0.717, 1.165) is 33.8 Å². The number of amides is 2. The summed E-state index contributed by atoms with van der Waals surface area (Å²) >= 11 is 0. The Labute approximate surface area is 169 Å². The van der Waals surface area contributed by atoms with Gasteiger partial charge in [0.2, 0.25) is 5.91 Å². The fourth-order valence-electron chi connectivity index (χ4n) is 3.33. The second-order valence-electron chi connectivity index (χ2n) is 6.85. The van der Waals surface area contributed by atoms with Gasteiger partial charge in [0.05, 0.1) is 11.3 Å². The molecule has 0 bridgehead atoms. The van der Waals surface area contributed by atoms with E-state index in [4.69, 9.17) is 0 Å². The third-order valence-electron chi connectivity index (χ3n) is 4.75. The fourth-order valence-corrected chi connectivity index (χ4v) is 3.33. The van der Waals surface area contributed by atoms with E-state index >= 15 is 0 Å². The van der Waals surface area contributed by atoms with Crippen molar-refractivity contribution in [2.75, 3.05) is 10.6 Å². The number of carbonyl (C=O) groups is 2. The topological polar surface area (TPSA) is 70.2 Å². The van der Waals surface area contributed by atoms with Crippen LogP contribution in [0, 0.1) is 0 Å². The van der Waals surface area contributed by atoms with Gasteiger partial charge in [-0.3, -0.25) is 9.59 Å². The Hall–Kier alpha value is -3.86. The summed E-state index contributed by atoms with van der Waals surface area (Å²) in [4.78, 5) is 23.9. The van der Waals surface area contributed by atoms with Gasteiger partial charge in [-0.05, 0) is 29.3 Å². The Balaban J connectivity index is 1.72. The van der Waals surface area contributed by atoms with Crippen LogP contribution < -0.4 is 16.0 Å². The summed E-state index contributed by atoms with van der Waals surface area (Å²) in [5.74, 6) is -0.186. The molecule has 0 saturated heterocycles. The third-order valence-corrected chi connectivity index (χ3v) is 4.75. The lowest BCUT2D eigenvalue weighted by Gasteiger charge is -2.15. The SMILES string of the molecule is CC(=O)NCc1ccc(NC(=C2C(=O)Nc3ccccc32)c2ccccc2)cc1. The maximum absolute atomic E-state index is 12.8. The molecule has 0 spiro atoms. The number of anilines is 2. The highest BCUT2D eigenvalue weighted by molar-refractivity contribution is 6.37. The van der Waals surface area contributed by atoms with E-state index in [1.54, 1.807) is 0 Å². The van der Waals surface area contributed by atoms with E-state index in [1.807, 2.05) is 78.9 Å². The van der Waals surface area contributed by atoms with E-state index in [1.165, 1.54) is 6.92 Å². The summed E-state index contributed by atoms with van der Waals surface area (Å²) in [5, 5.41) is 9.16. The molecule has 3 N–H and O–H groups in total. The molecule has 1 heterocycles. The summed E-state index contributed by atoms with van der Waals surface area (Å²) < 4.78 is 0. The molecular formula is C24H21N3O2. The molecule has 0 unspecified atom stereocenters. The predicted octanol–water partition coefficient (Wildman–Crippen LogP) is 4.26. The average Bonchev–Trinajstić information content (AvgIpc) is 3.07. The maximum Gasteiger partial charge on any atom is 0.258 e. The second kappa shape index (κ2) is 8.02. The molecule has 29 heavy (non-hydrogen) atoms. The summed E-state index contributed by atoms with van der Waals surface area (Å²) in [6.07, 6.45) is 0. The highest BCUT2D eigenvalue weighted by atomic mass is 16.2. The monoisotopic (exact) mass is 383 g/mol. The van der Waals surface area contributed by atoms with Crippen LogP contribution in [-0.2, 0) is 16.1 Å². The lowest BCUT2D eigenvalue weighted by Crippen LogP contribution is -2.18. The van der Waals surface area contributed by atoms with Crippen LogP contribution in [0.2, 0.25) is 0 Å². The summed E-state index contributed by atoms with van der Waals surface area (Å²) in [6.45, 7) is 1.98. The molecule has 0 aromatic heterocycles. The van der Waals surface area contributed by atoms with Crippen molar-refractivity contribution in [3.8, 4) is 0 Å². The Morgan fingerprint density at radius 2 is 1.59 bits per heavy atom. The molecule has 4 rings (SSSR count). The zero-order valence-corrected chi connectivity index (χ0v) is 16.0. The molecule has 1 aliphatic heterocycles. The number of para-hydroxylation sites is 1. The zero-order valence-electron chi connectivity index (χ0n) is 16.0. The summed E-state index contributed by atoms with van der Waals surface area (Å²) in [5.41, 5.74) is 5.86. The van der Waals surface area contributed by atoms with E-state index in [2.05, 4.69) is 16.0 Å². The zero-order chi connectivity index (χ0) is 20.2. The quantitative estimate of drug-likeness (QED) is 0.577. The minimum absolute atomic E-state index is 0.0609. The van der Waals surface area contributed by atoms with E-state index in [0.29, 0.717) is 12.1 Å². The Morgan fingerprint density at radius 1 is 0.897 bits per heavy atom. The van der Waals surface area contributed by atoms with Crippen LogP contribution >= 0.6 is 0 Å². The maximum atomic E-state index is 12.8. The van der Waals surface area contributed by atoms with Gasteiger partial charge in [0.1, 0.15) is 0 Å². The lowest BCUT2D eigenvalue weighted by molar-refractivity contribution is -0.119. The van der Waals surface area contributed by atoms with Crippen molar-refractivity contribution < 1.29 is 9.59 Å². The smallest absolute Gasteiger partial charge is 0.258 e. The number of benzene rings is 3. The highest BCUT2D eigenvalue weighted by Gasteiger charge is 2.27. The van der Waals surface area contributed by atoms with Gasteiger partial charge < -0.3 is 16.0 Å². The minimum atomic E-state index is -0.125. The normalized spacial score (nSPS) is 14.0. The summed E-state index contributed by atoms with van der Waals surface area (Å²) in [7, 11) is 0. The van der Waals surface area contributed by atoms with Crippen molar-refractivity contribution in [2.45, 2.75) is 13.5 Å².